The maximum absolute atomic E-state index is 8.82. The van der Waals surface area contributed by atoms with Crippen LogP contribution < -0.4 is 4.74 Å². The van der Waals surface area contributed by atoms with E-state index in [1.807, 2.05) is 12.1 Å². The highest BCUT2D eigenvalue weighted by molar-refractivity contribution is 6.30. The second kappa shape index (κ2) is 4.74. The zero-order valence-corrected chi connectivity index (χ0v) is 10.1. The number of benzene rings is 1. The molecule has 0 amide bonds. The first-order valence-corrected chi connectivity index (χ1v) is 5.17. The lowest BCUT2D eigenvalue weighted by atomic mass is 10.0. The quantitative estimate of drug-likeness (QED) is 0.763. The van der Waals surface area contributed by atoms with Crippen molar-refractivity contribution in [2.75, 3.05) is 7.11 Å². The number of halogens is 2. The fraction of sp³-hybridized carbons (Fsp3) is 0.364. The smallest absolute Gasteiger partial charge is 0.132 e. The van der Waals surface area contributed by atoms with Crippen LogP contribution in [0.5, 0.6) is 5.75 Å². The van der Waals surface area contributed by atoms with Gasteiger partial charge < -0.3 is 4.74 Å². The highest BCUT2D eigenvalue weighted by atomic mass is 35.5. The van der Waals surface area contributed by atoms with Gasteiger partial charge in [-0.25, -0.2) is 0 Å². The number of nitrogens with zero attached hydrogens (tertiary/aromatic N) is 1. The molecule has 0 bridgehead atoms. The van der Waals surface area contributed by atoms with Gasteiger partial charge >= 0.3 is 0 Å². The third-order valence-electron chi connectivity index (χ3n) is 2.00. The Morgan fingerprint density at radius 1 is 1.53 bits per heavy atom. The lowest BCUT2D eigenvalue weighted by Gasteiger charge is -2.15. The number of nitriles is 1. The highest BCUT2D eigenvalue weighted by Crippen LogP contribution is 2.28. The molecule has 0 spiro atoms. The second-order valence-corrected chi connectivity index (χ2v) is 4.71. The Bertz CT molecular complexity index is 396. The van der Waals surface area contributed by atoms with Gasteiger partial charge in [-0.2, -0.15) is 5.26 Å². The molecule has 15 heavy (non-hydrogen) atoms. The van der Waals surface area contributed by atoms with E-state index in [0.717, 1.165) is 5.56 Å². The maximum atomic E-state index is 8.82. The molecule has 0 fully saturated rings. The average Bonchev–Trinajstić information content (AvgIpc) is 2.20. The van der Waals surface area contributed by atoms with Gasteiger partial charge in [0.25, 0.3) is 0 Å². The predicted octanol–water partition coefficient (Wildman–Crippen LogP) is 3.41. The van der Waals surface area contributed by atoms with E-state index in [2.05, 4.69) is 0 Å². The predicted molar refractivity (Wildman–Crippen MR) is 61.6 cm³/mol. The van der Waals surface area contributed by atoms with E-state index in [1.165, 1.54) is 0 Å². The molecule has 80 valence electrons. The van der Waals surface area contributed by atoms with Crippen LogP contribution in [-0.4, -0.2) is 12.0 Å². The zero-order chi connectivity index (χ0) is 11.5. The van der Waals surface area contributed by atoms with Crippen molar-refractivity contribution in [1.82, 2.24) is 0 Å². The van der Waals surface area contributed by atoms with Crippen molar-refractivity contribution in [2.45, 2.75) is 18.2 Å². The van der Waals surface area contributed by atoms with Crippen LogP contribution in [0.25, 0.3) is 0 Å². The van der Waals surface area contributed by atoms with Crippen molar-refractivity contribution in [3.05, 3.63) is 28.8 Å². The van der Waals surface area contributed by atoms with E-state index < -0.39 is 4.87 Å². The van der Waals surface area contributed by atoms with Gasteiger partial charge in [-0.05, 0) is 24.6 Å². The summed E-state index contributed by atoms with van der Waals surface area (Å²) in [4.78, 5) is -0.916. The van der Waals surface area contributed by atoms with Crippen LogP contribution in [-0.2, 0) is 6.42 Å². The Morgan fingerprint density at radius 3 is 2.73 bits per heavy atom. The van der Waals surface area contributed by atoms with Crippen LogP contribution in [0.3, 0.4) is 0 Å². The minimum Gasteiger partial charge on any atom is -0.496 e. The molecule has 0 saturated carbocycles. The van der Waals surface area contributed by atoms with E-state index in [9.17, 15) is 0 Å². The summed E-state index contributed by atoms with van der Waals surface area (Å²) in [6.07, 6.45) is 0.422. The molecule has 0 aromatic heterocycles. The Labute approximate surface area is 99.4 Å². The molecule has 1 atom stereocenters. The van der Waals surface area contributed by atoms with E-state index in [1.54, 1.807) is 26.2 Å². The van der Waals surface area contributed by atoms with Gasteiger partial charge in [0.05, 0.1) is 13.2 Å². The van der Waals surface area contributed by atoms with Gasteiger partial charge in [-0.3, -0.25) is 0 Å². The minimum atomic E-state index is -0.916. The summed E-state index contributed by atoms with van der Waals surface area (Å²) in [6.45, 7) is 1.67. The van der Waals surface area contributed by atoms with Crippen LogP contribution >= 0.6 is 23.2 Å². The fourth-order valence-corrected chi connectivity index (χ4v) is 1.57. The summed E-state index contributed by atoms with van der Waals surface area (Å²) >= 11 is 11.8. The SMILES string of the molecule is COc1cc(Cl)ccc1CC(C)(Cl)C#N. The number of ether oxygens (including phenoxy) is 1. The summed E-state index contributed by atoms with van der Waals surface area (Å²) < 4.78 is 5.16. The molecule has 0 radical (unpaired) electrons. The standard InChI is InChI=1S/C11H11Cl2NO/c1-11(13,7-14)6-8-3-4-9(12)5-10(8)15-2/h3-5H,6H2,1-2H3. The molecule has 1 rings (SSSR count). The Balaban J connectivity index is 3.01. The second-order valence-electron chi connectivity index (χ2n) is 3.44. The third-order valence-corrected chi connectivity index (χ3v) is 2.46. The zero-order valence-electron chi connectivity index (χ0n) is 8.55. The van der Waals surface area contributed by atoms with Crippen molar-refractivity contribution >= 4 is 23.2 Å². The Hall–Kier alpha value is -0.910. The molecule has 4 heteroatoms. The number of hydrogen-bond donors (Lipinski definition) is 0. The van der Waals surface area contributed by atoms with Crippen molar-refractivity contribution in [2.24, 2.45) is 0 Å². The van der Waals surface area contributed by atoms with E-state index in [-0.39, 0.29) is 0 Å². The molecule has 0 heterocycles. The molecule has 0 saturated heterocycles. The summed E-state index contributed by atoms with van der Waals surface area (Å²) in [5.41, 5.74) is 0.876. The number of methoxy groups -OCH3 is 1. The summed E-state index contributed by atoms with van der Waals surface area (Å²) in [5, 5.41) is 9.43. The normalized spacial score (nSPS) is 14.1. The van der Waals surface area contributed by atoms with Crippen LogP contribution in [0.1, 0.15) is 12.5 Å². The number of hydrogen-bond acceptors (Lipinski definition) is 2. The lowest BCUT2D eigenvalue weighted by molar-refractivity contribution is 0.408. The van der Waals surface area contributed by atoms with Gasteiger partial charge in [-0.15, -0.1) is 11.6 Å². The lowest BCUT2D eigenvalue weighted by Crippen LogP contribution is -2.17. The molecule has 0 aliphatic heterocycles. The van der Waals surface area contributed by atoms with Crippen molar-refractivity contribution in [3.8, 4) is 11.8 Å². The van der Waals surface area contributed by atoms with Gasteiger partial charge in [-0.1, -0.05) is 17.7 Å². The number of alkyl halides is 1. The summed E-state index contributed by atoms with van der Waals surface area (Å²) in [6, 6.07) is 7.31. The van der Waals surface area contributed by atoms with Crippen molar-refractivity contribution in [1.29, 1.82) is 5.26 Å². The first-order chi connectivity index (χ1) is 6.98. The van der Waals surface area contributed by atoms with Crippen LogP contribution in [0.4, 0.5) is 0 Å². The monoisotopic (exact) mass is 243 g/mol. The minimum absolute atomic E-state index is 0.422. The molecule has 1 unspecified atom stereocenters. The van der Waals surface area contributed by atoms with Crippen molar-refractivity contribution < 1.29 is 4.74 Å². The van der Waals surface area contributed by atoms with Gasteiger partial charge in [0.15, 0.2) is 0 Å². The van der Waals surface area contributed by atoms with E-state index in [4.69, 9.17) is 33.2 Å². The molecule has 0 N–H and O–H groups in total. The molecule has 0 aliphatic rings. The van der Waals surface area contributed by atoms with Crippen LogP contribution in [0.2, 0.25) is 5.02 Å². The Morgan fingerprint density at radius 2 is 2.20 bits per heavy atom. The molecule has 0 aliphatic carbocycles. The van der Waals surface area contributed by atoms with Crippen molar-refractivity contribution in [3.63, 3.8) is 0 Å². The van der Waals surface area contributed by atoms with Gasteiger partial charge in [0.2, 0.25) is 0 Å². The van der Waals surface area contributed by atoms with Gasteiger partial charge in [0.1, 0.15) is 10.6 Å². The Kier molecular flexibility index (Phi) is 3.84. The van der Waals surface area contributed by atoms with Gasteiger partial charge in [0, 0.05) is 11.4 Å². The van der Waals surface area contributed by atoms with E-state index >= 15 is 0 Å². The first-order valence-electron chi connectivity index (χ1n) is 4.41. The summed E-state index contributed by atoms with van der Waals surface area (Å²) in [5.74, 6) is 0.657. The summed E-state index contributed by atoms with van der Waals surface area (Å²) in [7, 11) is 1.56. The fourth-order valence-electron chi connectivity index (χ4n) is 1.26. The molecule has 1 aromatic rings. The topological polar surface area (TPSA) is 33.0 Å². The third kappa shape index (κ3) is 3.30. The van der Waals surface area contributed by atoms with E-state index in [0.29, 0.717) is 17.2 Å². The highest BCUT2D eigenvalue weighted by Gasteiger charge is 2.22. The molecular weight excluding hydrogens is 233 g/mol. The maximum Gasteiger partial charge on any atom is 0.132 e. The molecule has 2 nitrogen and oxygen atoms in total. The van der Waals surface area contributed by atoms with Crippen LogP contribution in [0, 0.1) is 11.3 Å². The average molecular weight is 244 g/mol. The van der Waals surface area contributed by atoms with Crippen LogP contribution in [0.15, 0.2) is 18.2 Å². The first kappa shape index (κ1) is 12.2. The largest absolute Gasteiger partial charge is 0.496 e. The number of rotatable bonds is 3. The molecule has 1 aromatic carbocycles. The molecular formula is C11H11Cl2NO.